The number of methoxy groups -OCH3 is 3. The molecule has 5 rings (SSSR count). The maximum absolute atomic E-state index is 13.3. The number of cyclic esters (lactones) is 1. The lowest BCUT2D eigenvalue weighted by atomic mass is 9.60. The number of hydrogen-bond acceptors (Lipinski definition) is 11. The lowest BCUT2D eigenvalue weighted by Crippen LogP contribution is -2.65. The quantitative estimate of drug-likeness (QED) is 0.421. The molecule has 0 spiro atoms. The first-order chi connectivity index (χ1) is 18.2. The summed E-state index contributed by atoms with van der Waals surface area (Å²) in [6.45, 7) is 2.58. The van der Waals surface area contributed by atoms with E-state index in [1.54, 1.807) is 38.1 Å². The average molecular weight is 529 g/mol. The highest BCUT2D eigenvalue weighted by Gasteiger charge is 2.74. The number of esters is 2. The van der Waals surface area contributed by atoms with Crippen LogP contribution in [-0.4, -0.2) is 68.1 Å². The lowest BCUT2D eigenvalue weighted by Gasteiger charge is -2.48. The third-order valence-corrected chi connectivity index (χ3v) is 7.43. The SMILES string of the molecule is C/C=C(/C)C(=O)O[C@@H]1c2cc(OC)c(OC)c(OC)c2[C@@H](c2ccc3c(c2)OCO3)[C@@]2(O)C(=O)OC[C@@]12O. The minimum atomic E-state index is -2.60. The van der Waals surface area contributed by atoms with Crippen molar-refractivity contribution in [3.63, 3.8) is 0 Å². The molecule has 0 aromatic heterocycles. The molecule has 0 bridgehead atoms. The van der Waals surface area contributed by atoms with Crippen molar-refractivity contribution in [3.8, 4) is 28.7 Å². The molecule has 1 saturated heterocycles. The van der Waals surface area contributed by atoms with Crippen molar-refractivity contribution >= 4 is 11.9 Å². The Morgan fingerprint density at radius 2 is 1.74 bits per heavy atom. The van der Waals surface area contributed by atoms with Crippen LogP contribution in [0, 0.1) is 0 Å². The minimum absolute atomic E-state index is 0.00690. The van der Waals surface area contributed by atoms with Gasteiger partial charge in [-0.2, -0.15) is 0 Å². The fourth-order valence-electron chi connectivity index (χ4n) is 5.37. The number of aliphatic hydroxyl groups is 2. The highest BCUT2D eigenvalue weighted by Crippen LogP contribution is 2.62. The zero-order valence-corrected chi connectivity index (χ0v) is 21.5. The summed E-state index contributed by atoms with van der Waals surface area (Å²) in [4.78, 5) is 26.3. The number of ether oxygens (including phenoxy) is 7. The molecular formula is C27H28O11. The third kappa shape index (κ3) is 3.35. The molecule has 1 fully saturated rings. The van der Waals surface area contributed by atoms with Gasteiger partial charge in [0.25, 0.3) is 0 Å². The van der Waals surface area contributed by atoms with E-state index in [-0.39, 0.29) is 40.7 Å². The Morgan fingerprint density at radius 3 is 2.39 bits per heavy atom. The molecule has 2 aromatic carbocycles. The summed E-state index contributed by atoms with van der Waals surface area (Å²) in [5.74, 6) is -1.73. The standard InChI is InChI=1S/C27H28O11/c1-6-13(2)24(28)38-23-15-10-18(32-3)21(33-4)22(34-5)19(15)20(27(31)25(29)35-11-26(23,27)30)14-7-8-16-17(9-14)37-12-36-16/h6-10,20,23,30-31H,11-12H2,1-5H3/b13-6-/t20-,23-,26-,27-/m1/s1. The number of hydrogen-bond donors (Lipinski definition) is 2. The van der Waals surface area contributed by atoms with Crippen LogP contribution in [0.15, 0.2) is 35.9 Å². The van der Waals surface area contributed by atoms with Crippen molar-refractivity contribution < 1.29 is 53.0 Å². The van der Waals surface area contributed by atoms with Crippen molar-refractivity contribution in [2.75, 3.05) is 34.7 Å². The zero-order valence-electron chi connectivity index (χ0n) is 21.5. The number of allylic oxidation sites excluding steroid dienone is 1. The van der Waals surface area contributed by atoms with Crippen LogP contribution < -0.4 is 23.7 Å². The Hall–Kier alpha value is -3.96. The molecule has 2 heterocycles. The van der Waals surface area contributed by atoms with Crippen LogP contribution in [0.1, 0.15) is 42.6 Å². The van der Waals surface area contributed by atoms with E-state index in [9.17, 15) is 19.8 Å². The molecule has 0 unspecified atom stereocenters. The van der Waals surface area contributed by atoms with Crippen LogP contribution in [0.3, 0.4) is 0 Å². The summed E-state index contributed by atoms with van der Waals surface area (Å²) in [6.07, 6.45) is -0.00114. The van der Waals surface area contributed by atoms with E-state index in [0.717, 1.165) is 0 Å². The zero-order chi connectivity index (χ0) is 27.4. The van der Waals surface area contributed by atoms with Gasteiger partial charge < -0.3 is 43.4 Å². The molecule has 0 saturated carbocycles. The van der Waals surface area contributed by atoms with Gasteiger partial charge in [0.15, 0.2) is 34.7 Å². The van der Waals surface area contributed by atoms with Crippen LogP contribution in [0.25, 0.3) is 0 Å². The van der Waals surface area contributed by atoms with E-state index in [1.165, 1.54) is 27.4 Å². The van der Waals surface area contributed by atoms with Gasteiger partial charge in [-0.15, -0.1) is 0 Å². The van der Waals surface area contributed by atoms with E-state index in [4.69, 9.17) is 33.2 Å². The molecule has 1 aliphatic carbocycles. The van der Waals surface area contributed by atoms with Gasteiger partial charge in [0.05, 0.1) is 27.2 Å². The molecule has 4 atom stereocenters. The molecular weight excluding hydrogens is 500 g/mol. The van der Waals surface area contributed by atoms with Gasteiger partial charge >= 0.3 is 11.9 Å². The molecule has 202 valence electrons. The Labute approximate surface area is 218 Å². The first-order valence-corrected chi connectivity index (χ1v) is 11.8. The fourth-order valence-corrected chi connectivity index (χ4v) is 5.37. The molecule has 2 aromatic rings. The molecule has 11 heteroatoms. The van der Waals surface area contributed by atoms with Gasteiger partial charge in [0.1, 0.15) is 6.61 Å². The van der Waals surface area contributed by atoms with E-state index in [2.05, 4.69) is 0 Å². The second-order valence-corrected chi connectivity index (χ2v) is 9.22. The van der Waals surface area contributed by atoms with Crippen molar-refractivity contribution in [1.29, 1.82) is 0 Å². The van der Waals surface area contributed by atoms with Crippen LogP contribution in [0.2, 0.25) is 0 Å². The highest BCUT2D eigenvalue weighted by atomic mass is 16.7. The van der Waals surface area contributed by atoms with Gasteiger partial charge in [-0.25, -0.2) is 9.59 Å². The van der Waals surface area contributed by atoms with Gasteiger partial charge in [0.2, 0.25) is 18.1 Å². The number of benzene rings is 2. The summed E-state index contributed by atoms with van der Waals surface area (Å²) < 4.78 is 38.8. The van der Waals surface area contributed by atoms with Crippen molar-refractivity contribution in [2.45, 2.75) is 37.1 Å². The first-order valence-electron chi connectivity index (χ1n) is 11.8. The lowest BCUT2D eigenvalue weighted by molar-refractivity contribution is -0.208. The third-order valence-electron chi connectivity index (χ3n) is 7.43. The van der Waals surface area contributed by atoms with Gasteiger partial charge in [-0.05, 0) is 37.6 Å². The second kappa shape index (κ2) is 9.10. The molecule has 38 heavy (non-hydrogen) atoms. The molecule has 0 radical (unpaired) electrons. The number of rotatable bonds is 6. The van der Waals surface area contributed by atoms with E-state index < -0.39 is 41.8 Å². The summed E-state index contributed by atoms with van der Waals surface area (Å²) in [6, 6.07) is 6.40. The maximum Gasteiger partial charge on any atom is 0.342 e. The van der Waals surface area contributed by atoms with Crippen molar-refractivity contribution in [2.24, 2.45) is 0 Å². The second-order valence-electron chi connectivity index (χ2n) is 9.22. The first kappa shape index (κ1) is 25.7. The smallest absolute Gasteiger partial charge is 0.342 e. The molecule has 0 amide bonds. The summed E-state index contributed by atoms with van der Waals surface area (Å²) in [5.41, 5.74) is -3.86. The van der Waals surface area contributed by atoms with Crippen LogP contribution in [0.4, 0.5) is 0 Å². The van der Waals surface area contributed by atoms with E-state index in [0.29, 0.717) is 17.1 Å². The topological polar surface area (TPSA) is 139 Å². The number of carbonyl (C=O) groups is 2. The highest BCUT2D eigenvalue weighted by molar-refractivity contribution is 5.90. The normalized spacial score (nSPS) is 27.2. The van der Waals surface area contributed by atoms with Crippen LogP contribution in [-0.2, 0) is 19.1 Å². The van der Waals surface area contributed by atoms with Crippen LogP contribution >= 0.6 is 0 Å². The number of carbonyl (C=O) groups excluding carboxylic acids is 2. The largest absolute Gasteiger partial charge is 0.493 e. The van der Waals surface area contributed by atoms with E-state index >= 15 is 0 Å². The van der Waals surface area contributed by atoms with Gasteiger partial charge in [-0.3, -0.25) is 0 Å². The number of fused-ring (bicyclic) bond motifs is 3. The fraction of sp³-hybridized carbons (Fsp3) is 0.407. The molecule has 3 aliphatic rings. The Bertz CT molecular complexity index is 1350. The molecule has 2 N–H and O–H groups in total. The van der Waals surface area contributed by atoms with Crippen molar-refractivity contribution in [1.82, 2.24) is 0 Å². The monoisotopic (exact) mass is 528 g/mol. The summed E-state index contributed by atoms with van der Waals surface area (Å²) in [7, 11) is 4.21. The average Bonchev–Trinajstić information content (AvgIpc) is 3.49. The molecule has 2 aliphatic heterocycles. The summed E-state index contributed by atoms with van der Waals surface area (Å²) >= 11 is 0. The van der Waals surface area contributed by atoms with Crippen LogP contribution in [0.5, 0.6) is 28.7 Å². The van der Waals surface area contributed by atoms with E-state index in [1.807, 2.05) is 0 Å². The van der Waals surface area contributed by atoms with Crippen molar-refractivity contribution in [3.05, 3.63) is 52.6 Å². The minimum Gasteiger partial charge on any atom is -0.493 e. The summed E-state index contributed by atoms with van der Waals surface area (Å²) in [5, 5.41) is 24.3. The van der Waals surface area contributed by atoms with Gasteiger partial charge in [0, 0.05) is 16.7 Å². The Kier molecular flexibility index (Phi) is 6.15. The maximum atomic E-state index is 13.3. The van der Waals surface area contributed by atoms with Gasteiger partial charge in [-0.1, -0.05) is 12.1 Å². The molecule has 11 nitrogen and oxygen atoms in total. The Balaban J connectivity index is 1.86. The Morgan fingerprint density at radius 1 is 1.03 bits per heavy atom. The predicted octanol–water partition coefficient (Wildman–Crippen LogP) is 2.16. The predicted molar refractivity (Wildman–Crippen MR) is 130 cm³/mol.